The smallest absolute Gasteiger partial charge is 0.310 e. The topological polar surface area (TPSA) is 52.6 Å². The molecule has 2 rings (SSSR count). The minimum atomic E-state index is -0.320. The van der Waals surface area contributed by atoms with E-state index in [2.05, 4.69) is 4.74 Å². The van der Waals surface area contributed by atoms with Crippen LogP contribution in [0, 0.1) is 6.92 Å². The van der Waals surface area contributed by atoms with Crippen LogP contribution in [0.4, 0.5) is 0 Å². The van der Waals surface area contributed by atoms with E-state index < -0.39 is 0 Å². The number of aldehydes is 1. The zero-order chi connectivity index (χ0) is 15.2. The van der Waals surface area contributed by atoms with Crippen LogP contribution in [0.1, 0.15) is 21.5 Å². The fourth-order valence-electron chi connectivity index (χ4n) is 1.96. The fourth-order valence-corrected chi connectivity index (χ4v) is 1.96. The molecule has 0 unspecified atom stereocenters. The third-order valence-electron chi connectivity index (χ3n) is 3.09. The summed E-state index contributed by atoms with van der Waals surface area (Å²) in [6.45, 7) is 1.87. The lowest BCUT2D eigenvalue weighted by molar-refractivity contribution is -0.139. The van der Waals surface area contributed by atoms with Crippen LogP contribution in [0.5, 0.6) is 11.5 Å². The summed E-state index contributed by atoms with van der Waals surface area (Å²) in [5.74, 6) is 0.932. The molecule has 0 heterocycles. The number of hydrogen-bond donors (Lipinski definition) is 0. The number of methoxy groups -OCH3 is 1. The first-order valence-corrected chi connectivity index (χ1v) is 6.52. The van der Waals surface area contributed by atoms with Gasteiger partial charge in [-0.15, -0.1) is 0 Å². The molecule has 0 amide bonds. The molecule has 0 spiro atoms. The van der Waals surface area contributed by atoms with Crippen LogP contribution in [0.3, 0.4) is 0 Å². The minimum Gasteiger partial charge on any atom is -0.469 e. The van der Waals surface area contributed by atoms with E-state index in [9.17, 15) is 9.59 Å². The van der Waals surface area contributed by atoms with Gasteiger partial charge in [-0.3, -0.25) is 9.59 Å². The molecule has 2 aromatic carbocycles. The minimum absolute atomic E-state index is 0.151. The summed E-state index contributed by atoms with van der Waals surface area (Å²) in [6.07, 6.45) is 0.945. The van der Waals surface area contributed by atoms with E-state index in [1.807, 2.05) is 25.1 Å². The third-order valence-corrected chi connectivity index (χ3v) is 3.09. The highest BCUT2D eigenvalue weighted by Gasteiger charge is 2.10. The van der Waals surface area contributed by atoms with Gasteiger partial charge in [-0.05, 0) is 36.8 Å². The van der Waals surface area contributed by atoms with Crippen LogP contribution in [0.25, 0.3) is 0 Å². The van der Waals surface area contributed by atoms with Gasteiger partial charge in [0, 0.05) is 11.1 Å². The lowest BCUT2D eigenvalue weighted by atomic mass is 10.1. The van der Waals surface area contributed by atoms with Crippen molar-refractivity contribution in [1.29, 1.82) is 0 Å². The number of ether oxygens (including phenoxy) is 2. The number of esters is 1. The van der Waals surface area contributed by atoms with E-state index in [1.165, 1.54) is 7.11 Å². The molecule has 0 aliphatic carbocycles. The number of rotatable bonds is 5. The highest BCUT2D eigenvalue weighted by atomic mass is 16.5. The van der Waals surface area contributed by atoms with Crippen molar-refractivity contribution in [1.82, 2.24) is 0 Å². The number of carbonyl (C=O) groups excluding carboxylic acids is 2. The van der Waals surface area contributed by atoms with Gasteiger partial charge in [0.1, 0.15) is 17.8 Å². The molecular weight excluding hydrogens is 268 g/mol. The maximum atomic E-state index is 11.4. The van der Waals surface area contributed by atoms with Crippen molar-refractivity contribution >= 4 is 12.3 Å². The normalized spacial score (nSPS) is 10.0. The number of benzene rings is 2. The van der Waals surface area contributed by atoms with Crippen LogP contribution < -0.4 is 4.74 Å². The molecule has 0 bridgehead atoms. The Kier molecular flexibility index (Phi) is 4.72. The van der Waals surface area contributed by atoms with Crippen LogP contribution >= 0.6 is 0 Å². The molecule has 0 aromatic heterocycles. The highest BCUT2D eigenvalue weighted by Crippen LogP contribution is 2.28. The average molecular weight is 284 g/mol. The van der Waals surface area contributed by atoms with Crippen LogP contribution in [-0.2, 0) is 16.0 Å². The van der Waals surface area contributed by atoms with Gasteiger partial charge in [-0.25, -0.2) is 0 Å². The molecule has 4 nitrogen and oxygen atoms in total. The maximum absolute atomic E-state index is 11.4. The first kappa shape index (κ1) is 14.8. The number of para-hydroxylation sites is 1. The van der Waals surface area contributed by atoms with Crippen molar-refractivity contribution in [3.63, 3.8) is 0 Å². The quantitative estimate of drug-likeness (QED) is 0.624. The highest BCUT2D eigenvalue weighted by molar-refractivity contribution is 5.76. The van der Waals surface area contributed by atoms with Crippen molar-refractivity contribution in [2.75, 3.05) is 7.11 Å². The molecule has 0 radical (unpaired) electrons. The maximum Gasteiger partial charge on any atom is 0.310 e. The molecule has 0 saturated heterocycles. The van der Waals surface area contributed by atoms with Gasteiger partial charge in [0.2, 0.25) is 0 Å². The van der Waals surface area contributed by atoms with Crippen molar-refractivity contribution in [3.05, 3.63) is 59.2 Å². The number of aryl methyl sites for hydroxylation is 1. The summed E-state index contributed by atoms with van der Waals surface area (Å²) in [7, 11) is 1.36. The van der Waals surface area contributed by atoms with E-state index in [0.717, 1.165) is 17.4 Å². The van der Waals surface area contributed by atoms with Gasteiger partial charge in [0.15, 0.2) is 0 Å². The molecule has 108 valence electrons. The van der Waals surface area contributed by atoms with Crippen molar-refractivity contribution in [3.8, 4) is 11.5 Å². The fraction of sp³-hybridized carbons (Fsp3) is 0.176. The molecule has 4 heteroatoms. The Labute approximate surface area is 123 Å². The zero-order valence-corrected chi connectivity index (χ0v) is 12.0. The number of hydrogen-bond acceptors (Lipinski definition) is 4. The molecule has 0 N–H and O–H groups in total. The predicted molar refractivity (Wildman–Crippen MR) is 78.8 cm³/mol. The summed E-state index contributed by atoms with van der Waals surface area (Å²) in [5, 5.41) is 0. The summed E-state index contributed by atoms with van der Waals surface area (Å²) in [5.41, 5.74) is 2.21. The average Bonchev–Trinajstić information content (AvgIpc) is 2.50. The van der Waals surface area contributed by atoms with E-state index in [0.29, 0.717) is 17.1 Å². The Hall–Kier alpha value is -2.62. The number of carbonyl (C=O) groups is 2. The molecular formula is C17H16O4. The van der Waals surface area contributed by atoms with Gasteiger partial charge in [0.25, 0.3) is 0 Å². The molecule has 0 saturated carbocycles. The van der Waals surface area contributed by atoms with E-state index in [4.69, 9.17) is 4.74 Å². The SMILES string of the molecule is COC(=O)Cc1ccccc1Oc1ccc(C=O)cc1C. The van der Waals surface area contributed by atoms with Gasteiger partial charge >= 0.3 is 5.97 Å². The van der Waals surface area contributed by atoms with Gasteiger partial charge in [0.05, 0.1) is 13.5 Å². The lowest BCUT2D eigenvalue weighted by Crippen LogP contribution is -2.05. The van der Waals surface area contributed by atoms with Gasteiger partial charge < -0.3 is 9.47 Å². The second kappa shape index (κ2) is 6.70. The summed E-state index contributed by atoms with van der Waals surface area (Å²) >= 11 is 0. The van der Waals surface area contributed by atoms with Crippen LogP contribution in [0.2, 0.25) is 0 Å². The monoisotopic (exact) mass is 284 g/mol. The largest absolute Gasteiger partial charge is 0.469 e. The first-order valence-electron chi connectivity index (χ1n) is 6.52. The summed E-state index contributed by atoms with van der Waals surface area (Å²) < 4.78 is 10.5. The third kappa shape index (κ3) is 3.69. The summed E-state index contributed by atoms with van der Waals surface area (Å²) in [6, 6.07) is 12.5. The van der Waals surface area contributed by atoms with Crippen LogP contribution in [0.15, 0.2) is 42.5 Å². The second-order valence-electron chi connectivity index (χ2n) is 4.61. The van der Waals surface area contributed by atoms with Crippen molar-refractivity contribution in [2.24, 2.45) is 0 Å². The summed E-state index contributed by atoms with van der Waals surface area (Å²) in [4.78, 5) is 22.2. The molecule has 2 aromatic rings. The van der Waals surface area contributed by atoms with E-state index >= 15 is 0 Å². The van der Waals surface area contributed by atoms with Crippen molar-refractivity contribution < 1.29 is 19.1 Å². The van der Waals surface area contributed by atoms with Gasteiger partial charge in [-0.1, -0.05) is 18.2 Å². The predicted octanol–water partition coefficient (Wildman–Crippen LogP) is 3.32. The molecule has 0 atom stereocenters. The van der Waals surface area contributed by atoms with Crippen LogP contribution in [-0.4, -0.2) is 19.4 Å². The Balaban J connectivity index is 2.27. The van der Waals surface area contributed by atoms with Crippen molar-refractivity contribution in [2.45, 2.75) is 13.3 Å². The van der Waals surface area contributed by atoms with E-state index in [-0.39, 0.29) is 12.4 Å². The standard InChI is InChI=1S/C17H16O4/c1-12-9-13(11-18)7-8-15(12)21-16-6-4-3-5-14(16)10-17(19)20-2/h3-9,11H,10H2,1-2H3. The second-order valence-corrected chi connectivity index (χ2v) is 4.61. The lowest BCUT2D eigenvalue weighted by Gasteiger charge is -2.12. The molecule has 0 fully saturated rings. The molecule has 21 heavy (non-hydrogen) atoms. The Morgan fingerprint density at radius 1 is 1.14 bits per heavy atom. The molecule has 0 aliphatic rings. The Morgan fingerprint density at radius 2 is 1.90 bits per heavy atom. The molecule has 0 aliphatic heterocycles. The zero-order valence-electron chi connectivity index (χ0n) is 12.0. The Bertz CT molecular complexity index is 662. The first-order chi connectivity index (χ1) is 10.1. The Morgan fingerprint density at radius 3 is 2.57 bits per heavy atom. The van der Waals surface area contributed by atoms with E-state index in [1.54, 1.807) is 24.3 Å². The van der Waals surface area contributed by atoms with Gasteiger partial charge in [-0.2, -0.15) is 0 Å².